The van der Waals surface area contributed by atoms with Crippen molar-refractivity contribution in [3.63, 3.8) is 0 Å². The van der Waals surface area contributed by atoms with E-state index in [4.69, 9.17) is 0 Å². The fraction of sp³-hybridized carbons (Fsp3) is 0.133. The highest BCUT2D eigenvalue weighted by atomic mass is 16.6. The lowest BCUT2D eigenvalue weighted by molar-refractivity contribution is -0.394. The van der Waals surface area contributed by atoms with Gasteiger partial charge >= 0.3 is 0 Å². The van der Waals surface area contributed by atoms with Crippen molar-refractivity contribution in [2.45, 2.75) is 0 Å². The predicted molar refractivity (Wildman–Crippen MR) is 84.6 cm³/mol. The molecule has 8 heteroatoms. The molecule has 0 unspecified atom stereocenters. The Morgan fingerprint density at radius 3 is 1.70 bits per heavy atom. The van der Waals surface area contributed by atoms with Gasteiger partial charge in [-0.3, -0.25) is 25.0 Å². The molecule has 2 rings (SSSR count). The van der Waals surface area contributed by atoms with E-state index in [0.29, 0.717) is 5.56 Å². The number of nitrogens with zero attached hydrogens (tertiary/aromatic N) is 2. The van der Waals surface area contributed by atoms with Crippen LogP contribution in [-0.4, -0.2) is 29.7 Å². The summed E-state index contributed by atoms with van der Waals surface area (Å²) in [6.07, 6.45) is 0. The van der Waals surface area contributed by atoms with Crippen LogP contribution < -0.4 is 5.32 Å². The molecule has 2 aromatic carbocycles. The van der Waals surface area contributed by atoms with Crippen molar-refractivity contribution in [3.05, 3.63) is 79.9 Å². The van der Waals surface area contributed by atoms with E-state index in [1.54, 1.807) is 18.2 Å². The van der Waals surface area contributed by atoms with Crippen molar-refractivity contribution in [2.24, 2.45) is 0 Å². The number of hydrogen-bond donors (Lipinski definition) is 1. The van der Waals surface area contributed by atoms with Crippen LogP contribution in [0, 0.1) is 20.2 Å². The van der Waals surface area contributed by atoms with Crippen molar-refractivity contribution in [3.8, 4) is 0 Å². The Bertz CT molecular complexity index is 684. The van der Waals surface area contributed by atoms with Crippen LogP contribution in [0.25, 0.3) is 0 Å². The van der Waals surface area contributed by atoms with Crippen LogP contribution in [0.5, 0.6) is 0 Å². The second kappa shape index (κ2) is 8.35. The predicted octanol–water partition coefficient (Wildman–Crippen LogP) is 2.57. The minimum atomic E-state index is -0.769. The van der Waals surface area contributed by atoms with Crippen LogP contribution in [0.3, 0.4) is 0 Å². The Balaban J connectivity index is 0.000000816. The molecule has 0 saturated carbocycles. The zero-order valence-corrected chi connectivity index (χ0v) is 12.6. The molecule has 0 heterocycles. The molecule has 1 N–H and O–H groups in total. The molecule has 0 amide bonds. The number of hydrogen-bond acceptors (Lipinski definition) is 6. The second-order valence-corrected chi connectivity index (χ2v) is 4.45. The maximum absolute atomic E-state index is 12.2. The van der Waals surface area contributed by atoms with Gasteiger partial charge in [-0.05, 0) is 14.1 Å². The maximum atomic E-state index is 12.2. The van der Waals surface area contributed by atoms with E-state index < -0.39 is 27.0 Å². The molecule has 0 fully saturated rings. The summed E-state index contributed by atoms with van der Waals surface area (Å²) in [5.41, 5.74) is -0.753. The van der Waals surface area contributed by atoms with Crippen molar-refractivity contribution >= 4 is 17.2 Å². The van der Waals surface area contributed by atoms with Crippen molar-refractivity contribution in [2.75, 3.05) is 14.1 Å². The average Bonchev–Trinajstić information content (AvgIpc) is 2.55. The van der Waals surface area contributed by atoms with Gasteiger partial charge < -0.3 is 5.32 Å². The summed E-state index contributed by atoms with van der Waals surface area (Å²) >= 11 is 0. The molecule has 0 bridgehead atoms. The lowest BCUT2D eigenvalue weighted by Gasteiger charge is -2.01. The van der Waals surface area contributed by atoms with Crippen molar-refractivity contribution in [1.29, 1.82) is 0 Å². The van der Waals surface area contributed by atoms with Gasteiger partial charge in [0.1, 0.15) is 0 Å². The highest BCUT2D eigenvalue weighted by Gasteiger charge is 2.20. The molecule has 0 saturated heterocycles. The lowest BCUT2D eigenvalue weighted by atomic mass is 10.0. The number of ketones is 1. The SMILES string of the molecule is CNC.O=C(c1ccccc1)c1cc([N+](=O)[O-])cc([N+](=O)[O-])c1. The molecule has 0 aliphatic carbocycles. The average molecular weight is 317 g/mol. The summed E-state index contributed by atoms with van der Waals surface area (Å²) in [6.45, 7) is 0. The fourth-order valence-corrected chi connectivity index (χ4v) is 1.69. The molecule has 23 heavy (non-hydrogen) atoms. The number of non-ortho nitro benzene ring substituents is 2. The monoisotopic (exact) mass is 317 g/mol. The molecule has 8 nitrogen and oxygen atoms in total. The molecule has 0 spiro atoms. The summed E-state index contributed by atoms with van der Waals surface area (Å²) in [5.74, 6) is -0.502. The summed E-state index contributed by atoms with van der Waals surface area (Å²) < 4.78 is 0. The number of carbonyl (C=O) groups excluding carboxylic acids is 1. The van der Waals surface area contributed by atoms with Crippen LogP contribution in [0.15, 0.2) is 48.5 Å². The van der Waals surface area contributed by atoms with Gasteiger partial charge in [-0.2, -0.15) is 0 Å². The molecule has 120 valence electrons. The van der Waals surface area contributed by atoms with Crippen LogP contribution in [-0.2, 0) is 0 Å². The first-order chi connectivity index (χ1) is 10.9. The number of rotatable bonds is 4. The van der Waals surface area contributed by atoms with Gasteiger partial charge in [-0.1, -0.05) is 30.3 Å². The van der Waals surface area contributed by atoms with E-state index >= 15 is 0 Å². The highest BCUT2D eigenvalue weighted by molar-refractivity contribution is 6.09. The zero-order chi connectivity index (χ0) is 17.4. The third-order valence-electron chi connectivity index (χ3n) is 2.62. The zero-order valence-electron chi connectivity index (χ0n) is 12.6. The van der Waals surface area contributed by atoms with Gasteiger partial charge in [0.05, 0.1) is 15.9 Å². The Hall–Kier alpha value is -3.13. The Kier molecular flexibility index (Phi) is 6.50. The largest absolute Gasteiger partial charge is 0.323 e. The number of nitro groups is 2. The van der Waals surface area contributed by atoms with Gasteiger partial charge in [-0.15, -0.1) is 0 Å². The van der Waals surface area contributed by atoms with Crippen molar-refractivity contribution < 1.29 is 14.6 Å². The third-order valence-corrected chi connectivity index (χ3v) is 2.62. The Morgan fingerprint density at radius 2 is 1.30 bits per heavy atom. The van der Waals surface area contributed by atoms with Gasteiger partial charge in [0.15, 0.2) is 5.78 Å². The normalized spacial score (nSPS) is 9.48. The summed E-state index contributed by atoms with van der Waals surface area (Å²) in [4.78, 5) is 32.1. The van der Waals surface area contributed by atoms with Crippen LogP contribution in [0.2, 0.25) is 0 Å². The first-order valence-electron chi connectivity index (χ1n) is 6.52. The highest BCUT2D eigenvalue weighted by Crippen LogP contribution is 2.24. The van der Waals surface area contributed by atoms with Gasteiger partial charge in [0, 0.05) is 23.3 Å². The molecular weight excluding hydrogens is 302 g/mol. The van der Waals surface area contributed by atoms with Crippen LogP contribution in [0.1, 0.15) is 15.9 Å². The molecule has 0 radical (unpaired) electrons. The van der Waals surface area contributed by atoms with Crippen LogP contribution in [0.4, 0.5) is 11.4 Å². The van der Waals surface area contributed by atoms with E-state index in [2.05, 4.69) is 5.32 Å². The van der Waals surface area contributed by atoms with Gasteiger partial charge in [0.25, 0.3) is 11.4 Å². The van der Waals surface area contributed by atoms with E-state index in [9.17, 15) is 25.0 Å². The molecule has 0 aliphatic rings. The van der Waals surface area contributed by atoms with Crippen LogP contribution >= 0.6 is 0 Å². The maximum Gasteiger partial charge on any atom is 0.277 e. The van der Waals surface area contributed by atoms with E-state index in [-0.39, 0.29) is 5.56 Å². The first kappa shape index (κ1) is 17.9. The third kappa shape index (κ3) is 4.97. The quantitative estimate of drug-likeness (QED) is 0.526. The number of benzene rings is 2. The second-order valence-electron chi connectivity index (χ2n) is 4.45. The Morgan fingerprint density at radius 1 is 0.870 bits per heavy atom. The van der Waals surface area contributed by atoms with Crippen molar-refractivity contribution in [1.82, 2.24) is 5.32 Å². The topological polar surface area (TPSA) is 115 Å². The smallest absolute Gasteiger partial charge is 0.277 e. The minimum Gasteiger partial charge on any atom is -0.323 e. The minimum absolute atomic E-state index is 0.0860. The molecule has 0 aromatic heterocycles. The number of nitrogens with one attached hydrogen (secondary N) is 1. The van der Waals surface area contributed by atoms with Gasteiger partial charge in [0.2, 0.25) is 0 Å². The molecule has 2 aromatic rings. The number of nitro benzene ring substituents is 2. The summed E-state index contributed by atoms with van der Waals surface area (Å²) in [6, 6.07) is 10.9. The first-order valence-corrected chi connectivity index (χ1v) is 6.52. The summed E-state index contributed by atoms with van der Waals surface area (Å²) in [5, 5.41) is 24.3. The lowest BCUT2D eigenvalue weighted by Crippen LogP contribution is -2.03. The van der Waals surface area contributed by atoms with E-state index in [1.165, 1.54) is 12.1 Å². The number of carbonyl (C=O) groups is 1. The molecular formula is C15H15N3O5. The van der Waals surface area contributed by atoms with E-state index in [1.807, 2.05) is 14.1 Å². The summed E-state index contributed by atoms with van der Waals surface area (Å²) in [7, 11) is 3.75. The molecule has 0 atom stereocenters. The fourth-order valence-electron chi connectivity index (χ4n) is 1.69. The molecule has 0 aliphatic heterocycles. The Labute approximate surface area is 132 Å². The van der Waals surface area contributed by atoms with Gasteiger partial charge in [-0.25, -0.2) is 0 Å². The van der Waals surface area contributed by atoms with E-state index in [0.717, 1.165) is 18.2 Å². The standard InChI is InChI=1S/C13H8N2O5.C2H7N/c16-13(9-4-2-1-3-5-9)10-6-11(14(17)18)8-12(7-10)15(19)20;1-3-2/h1-8H;3H,1-2H3.